The lowest BCUT2D eigenvalue weighted by molar-refractivity contribution is 0.439. The standard InChI is InChI=1S/C15H19N3S/c1-3-16-15(13-9-19-10(2)18-13)12-7-6-11-5-4-8-17-14(11)12/h4-5,8-9,12,15-16H,3,6-7H2,1-2H3. The first-order valence-corrected chi connectivity index (χ1v) is 7.76. The van der Waals surface area contributed by atoms with E-state index < -0.39 is 0 Å². The molecule has 1 N–H and O–H groups in total. The molecule has 0 saturated carbocycles. The number of nitrogens with zero attached hydrogens (tertiary/aromatic N) is 2. The van der Waals surface area contributed by atoms with Gasteiger partial charge in [0.15, 0.2) is 0 Å². The summed E-state index contributed by atoms with van der Waals surface area (Å²) in [4.78, 5) is 9.29. The average Bonchev–Trinajstić information content (AvgIpc) is 3.03. The molecular weight excluding hydrogens is 254 g/mol. The third-order valence-corrected chi connectivity index (χ3v) is 4.58. The van der Waals surface area contributed by atoms with Crippen LogP contribution in [0.5, 0.6) is 0 Å². The second kappa shape index (κ2) is 5.39. The zero-order chi connectivity index (χ0) is 13.2. The smallest absolute Gasteiger partial charge is 0.0898 e. The summed E-state index contributed by atoms with van der Waals surface area (Å²) < 4.78 is 0. The molecule has 19 heavy (non-hydrogen) atoms. The lowest BCUT2D eigenvalue weighted by Crippen LogP contribution is -2.26. The third kappa shape index (κ3) is 2.42. The fraction of sp³-hybridized carbons (Fsp3) is 0.467. The third-order valence-electron chi connectivity index (χ3n) is 3.78. The Morgan fingerprint density at radius 3 is 3.16 bits per heavy atom. The molecule has 0 aromatic carbocycles. The van der Waals surface area contributed by atoms with E-state index in [4.69, 9.17) is 0 Å². The summed E-state index contributed by atoms with van der Waals surface area (Å²) in [7, 11) is 0. The summed E-state index contributed by atoms with van der Waals surface area (Å²) in [5, 5.41) is 6.92. The van der Waals surface area contributed by atoms with Crippen LogP contribution in [0.25, 0.3) is 0 Å². The Labute approximate surface area is 118 Å². The molecule has 2 heterocycles. The molecule has 0 radical (unpaired) electrons. The summed E-state index contributed by atoms with van der Waals surface area (Å²) in [6.07, 6.45) is 4.21. The topological polar surface area (TPSA) is 37.8 Å². The van der Waals surface area contributed by atoms with Gasteiger partial charge in [0.2, 0.25) is 0 Å². The predicted molar refractivity (Wildman–Crippen MR) is 78.6 cm³/mol. The molecule has 2 aromatic rings. The number of rotatable bonds is 4. The number of pyridine rings is 1. The van der Waals surface area contributed by atoms with E-state index >= 15 is 0 Å². The Balaban J connectivity index is 1.94. The van der Waals surface area contributed by atoms with Crippen molar-refractivity contribution in [3.05, 3.63) is 45.7 Å². The minimum Gasteiger partial charge on any atom is -0.308 e. The van der Waals surface area contributed by atoms with Crippen LogP contribution < -0.4 is 5.32 Å². The summed E-state index contributed by atoms with van der Waals surface area (Å²) in [6.45, 7) is 5.18. The monoisotopic (exact) mass is 273 g/mol. The van der Waals surface area contributed by atoms with Crippen LogP contribution in [-0.2, 0) is 6.42 Å². The van der Waals surface area contributed by atoms with Gasteiger partial charge >= 0.3 is 0 Å². The van der Waals surface area contributed by atoms with Gasteiger partial charge < -0.3 is 5.32 Å². The first-order valence-electron chi connectivity index (χ1n) is 6.88. The molecular formula is C15H19N3S. The van der Waals surface area contributed by atoms with Crippen LogP contribution in [0.2, 0.25) is 0 Å². The number of likely N-dealkylation sites (N-methyl/N-ethyl adjacent to an activating group) is 1. The van der Waals surface area contributed by atoms with Gasteiger partial charge in [0.1, 0.15) is 0 Å². The molecule has 0 fully saturated rings. The van der Waals surface area contributed by atoms with Crippen molar-refractivity contribution >= 4 is 11.3 Å². The van der Waals surface area contributed by atoms with Crippen LogP contribution in [0.3, 0.4) is 0 Å². The van der Waals surface area contributed by atoms with Gasteiger partial charge in [-0.3, -0.25) is 4.98 Å². The van der Waals surface area contributed by atoms with Crippen LogP contribution in [0.4, 0.5) is 0 Å². The Hall–Kier alpha value is -1.26. The minimum atomic E-state index is 0.297. The molecule has 3 nitrogen and oxygen atoms in total. The number of aryl methyl sites for hydroxylation is 2. The van der Waals surface area contributed by atoms with Gasteiger partial charge in [-0.15, -0.1) is 11.3 Å². The molecule has 0 bridgehead atoms. The highest BCUT2D eigenvalue weighted by molar-refractivity contribution is 7.09. The molecule has 2 aromatic heterocycles. The van der Waals surface area contributed by atoms with Gasteiger partial charge in [-0.2, -0.15) is 0 Å². The molecule has 0 saturated heterocycles. The molecule has 0 spiro atoms. The zero-order valence-electron chi connectivity index (χ0n) is 11.4. The number of nitrogens with one attached hydrogen (secondary N) is 1. The lowest BCUT2D eigenvalue weighted by atomic mass is 9.94. The highest BCUT2D eigenvalue weighted by Gasteiger charge is 2.32. The Morgan fingerprint density at radius 2 is 2.42 bits per heavy atom. The van der Waals surface area contributed by atoms with Crippen molar-refractivity contribution in [1.29, 1.82) is 0 Å². The van der Waals surface area contributed by atoms with E-state index in [-0.39, 0.29) is 0 Å². The summed E-state index contributed by atoms with van der Waals surface area (Å²) in [6, 6.07) is 4.54. The van der Waals surface area contributed by atoms with E-state index in [9.17, 15) is 0 Å². The molecule has 3 rings (SSSR count). The van der Waals surface area contributed by atoms with Crippen LogP contribution in [0, 0.1) is 6.92 Å². The van der Waals surface area contributed by atoms with Crippen molar-refractivity contribution in [2.24, 2.45) is 0 Å². The first-order chi connectivity index (χ1) is 9.29. The Morgan fingerprint density at radius 1 is 1.53 bits per heavy atom. The summed E-state index contributed by atoms with van der Waals surface area (Å²) in [5.41, 5.74) is 3.84. The Bertz CT molecular complexity index is 564. The van der Waals surface area contributed by atoms with Gasteiger partial charge in [0.05, 0.1) is 16.7 Å². The van der Waals surface area contributed by atoms with E-state index in [1.54, 1.807) is 11.3 Å². The van der Waals surface area contributed by atoms with Crippen molar-refractivity contribution in [3.8, 4) is 0 Å². The van der Waals surface area contributed by atoms with Crippen molar-refractivity contribution < 1.29 is 0 Å². The molecule has 0 amide bonds. The maximum absolute atomic E-state index is 4.68. The quantitative estimate of drug-likeness (QED) is 0.929. The molecule has 4 heteroatoms. The zero-order valence-corrected chi connectivity index (χ0v) is 12.2. The highest BCUT2D eigenvalue weighted by atomic mass is 32.1. The molecule has 1 aliphatic rings. The van der Waals surface area contributed by atoms with Crippen LogP contribution >= 0.6 is 11.3 Å². The van der Waals surface area contributed by atoms with Gasteiger partial charge in [-0.25, -0.2) is 4.98 Å². The minimum absolute atomic E-state index is 0.297. The van der Waals surface area contributed by atoms with Crippen molar-refractivity contribution in [1.82, 2.24) is 15.3 Å². The number of hydrogen-bond donors (Lipinski definition) is 1. The summed E-state index contributed by atoms with van der Waals surface area (Å²) in [5.74, 6) is 0.456. The van der Waals surface area contributed by atoms with E-state index in [1.807, 2.05) is 12.3 Å². The predicted octanol–water partition coefficient (Wildman–Crippen LogP) is 3.23. The van der Waals surface area contributed by atoms with Crippen molar-refractivity contribution in [3.63, 3.8) is 0 Å². The van der Waals surface area contributed by atoms with Crippen molar-refractivity contribution in [2.45, 2.75) is 38.6 Å². The largest absolute Gasteiger partial charge is 0.308 e. The second-order valence-corrected chi connectivity index (χ2v) is 6.08. The van der Waals surface area contributed by atoms with Gasteiger partial charge in [0.25, 0.3) is 0 Å². The number of aromatic nitrogens is 2. The summed E-state index contributed by atoms with van der Waals surface area (Å²) >= 11 is 1.73. The van der Waals surface area contributed by atoms with E-state index in [2.05, 4.69) is 40.6 Å². The first kappa shape index (κ1) is 12.8. The molecule has 2 unspecified atom stereocenters. The van der Waals surface area contributed by atoms with Gasteiger partial charge in [-0.1, -0.05) is 13.0 Å². The van der Waals surface area contributed by atoms with E-state index in [0.717, 1.165) is 18.0 Å². The molecule has 100 valence electrons. The van der Waals surface area contributed by atoms with Crippen LogP contribution in [0.15, 0.2) is 23.7 Å². The van der Waals surface area contributed by atoms with Crippen LogP contribution in [0.1, 0.15) is 47.3 Å². The maximum Gasteiger partial charge on any atom is 0.0898 e. The van der Waals surface area contributed by atoms with E-state index in [0.29, 0.717) is 12.0 Å². The van der Waals surface area contributed by atoms with Gasteiger partial charge in [-0.05, 0) is 37.9 Å². The number of hydrogen-bond acceptors (Lipinski definition) is 4. The number of fused-ring (bicyclic) bond motifs is 1. The maximum atomic E-state index is 4.68. The molecule has 1 aliphatic carbocycles. The van der Waals surface area contributed by atoms with Crippen molar-refractivity contribution in [2.75, 3.05) is 6.54 Å². The SMILES string of the molecule is CCNC(c1csc(C)n1)C1CCc2cccnc21. The highest BCUT2D eigenvalue weighted by Crippen LogP contribution is 2.40. The van der Waals surface area contributed by atoms with Crippen LogP contribution in [-0.4, -0.2) is 16.5 Å². The second-order valence-electron chi connectivity index (χ2n) is 5.02. The lowest BCUT2D eigenvalue weighted by Gasteiger charge is -2.23. The fourth-order valence-corrected chi connectivity index (χ4v) is 3.61. The molecule has 0 aliphatic heterocycles. The van der Waals surface area contributed by atoms with E-state index in [1.165, 1.54) is 23.4 Å². The normalized spacial score (nSPS) is 19.4. The average molecular weight is 273 g/mol. The van der Waals surface area contributed by atoms with Gasteiger partial charge in [0, 0.05) is 23.2 Å². The fourth-order valence-electron chi connectivity index (χ4n) is 2.96. The Kier molecular flexibility index (Phi) is 3.62. The number of thiazole rings is 1. The molecule has 2 atom stereocenters.